The van der Waals surface area contributed by atoms with Gasteiger partial charge in [0.05, 0.1) is 12.6 Å². The summed E-state index contributed by atoms with van der Waals surface area (Å²) >= 11 is 0. The normalized spacial score (nSPS) is 34.8. The molecule has 0 unspecified atom stereocenters. The van der Waals surface area contributed by atoms with Gasteiger partial charge in [-0.05, 0) is 0 Å². The van der Waals surface area contributed by atoms with Gasteiger partial charge < -0.3 is 50.2 Å². The van der Waals surface area contributed by atoms with Gasteiger partial charge in [-0.3, -0.25) is 4.79 Å². The minimum absolute atomic E-state index is 0.168. The van der Waals surface area contributed by atoms with Crippen molar-refractivity contribution in [1.82, 2.24) is 5.32 Å². The number of carbonyl (C=O) groups excluding carboxylic acids is 2. The molecule has 0 radical (unpaired) electrons. The van der Waals surface area contributed by atoms with Crippen LogP contribution in [0, 0.1) is 0 Å². The first-order valence-corrected chi connectivity index (χ1v) is 7.21. The molecule has 0 aromatic heterocycles. The lowest BCUT2D eigenvalue weighted by Crippen LogP contribution is -2.74. The largest absolute Gasteiger partial charge is 0.477 e. The van der Waals surface area contributed by atoms with Crippen molar-refractivity contribution in [3.05, 3.63) is 0 Å². The van der Waals surface area contributed by atoms with E-state index in [9.17, 15) is 39.9 Å². The second-order valence-electron chi connectivity index (χ2n) is 5.44. The monoisotopic (exact) mass is 367 g/mol. The number of hydrogen-bond donors (Lipinski definition) is 7. The number of aliphatic carboxylic acids is 1. The fourth-order valence-corrected chi connectivity index (χ4v) is 2.49. The average molecular weight is 367 g/mol. The van der Waals surface area contributed by atoms with Crippen molar-refractivity contribution in [3.8, 4) is 0 Å². The number of ether oxygens (including phenoxy) is 2. The van der Waals surface area contributed by atoms with E-state index >= 15 is 0 Å². The van der Waals surface area contributed by atoms with Crippen LogP contribution in [0.3, 0.4) is 0 Å². The summed E-state index contributed by atoms with van der Waals surface area (Å²) in [6.07, 6.45) is -9.68. The van der Waals surface area contributed by atoms with Crippen LogP contribution in [0.15, 0.2) is 0 Å². The van der Waals surface area contributed by atoms with E-state index in [1.807, 2.05) is 0 Å². The molecule has 0 aromatic rings. The van der Waals surface area contributed by atoms with E-state index in [1.54, 1.807) is 0 Å². The van der Waals surface area contributed by atoms with Gasteiger partial charge in [-0.1, -0.05) is 0 Å². The third-order valence-corrected chi connectivity index (χ3v) is 3.70. The van der Waals surface area contributed by atoms with Crippen LogP contribution in [0.4, 0.5) is 0 Å². The number of hydrogen-bond acceptors (Lipinski definition) is 10. The molecule has 7 atom stereocenters. The highest BCUT2D eigenvalue weighted by Gasteiger charge is 2.61. The van der Waals surface area contributed by atoms with Crippen LogP contribution >= 0.6 is 0 Å². The Bertz CT molecular complexity index is 500. The first-order valence-electron chi connectivity index (χ1n) is 7.21. The fourth-order valence-electron chi connectivity index (χ4n) is 2.49. The average Bonchev–Trinajstić information content (AvgIpc) is 2.56. The van der Waals surface area contributed by atoms with Gasteiger partial charge in [0.2, 0.25) is 5.91 Å². The number of carboxylic acids is 1. The molecule has 25 heavy (non-hydrogen) atoms. The highest BCUT2D eigenvalue weighted by molar-refractivity contribution is 5.78. The lowest BCUT2D eigenvalue weighted by atomic mass is 9.86. The minimum Gasteiger partial charge on any atom is -0.477 e. The predicted molar refractivity (Wildman–Crippen MR) is 76.0 cm³/mol. The van der Waals surface area contributed by atoms with Gasteiger partial charge in [0.25, 0.3) is 5.79 Å². The van der Waals surface area contributed by atoms with E-state index in [-0.39, 0.29) is 6.29 Å². The van der Waals surface area contributed by atoms with Crippen LogP contribution in [-0.4, -0.2) is 104 Å². The van der Waals surface area contributed by atoms with Gasteiger partial charge >= 0.3 is 5.97 Å². The second kappa shape index (κ2) is 8.62. The Morgan fingerprint density at radius 3 is 2.40 bits per heavy atom. The number of aliphatic hydroxyl groups excluding tert-OH is 5. The van der Waals surface area contributed by atoms with Gasteiger partial charge in [0, 0.05) is 6.92 Å². The minimum atomic E-state index is -2.95. The Morgan fingerprint density at radius 2 is 1.96 bits per heavy atom. The molecule has 0 aliphatic carbocycles. The molecular formula is C13H21NO11. The van der Waals surface area contributed by atoms with Crippen LogP contribution < -0.4 is 5.32 Å². The van der Waals surface area contributed by atoms with Crippen molar-refractivity contribution in [2.24, 2.45) is 0 Å². The zero-order chi connectivity index (χ0) is 19.4. The molecule has 1 aliphatic rings. The quantitative estimate of drug-likeness (QED) is 0.203. The van der Waals surface area contributed by atoms with Crippen LogP contribution in [0.2, 0.25) is 0 Å². The van der Waals surface area contributed by atoms with Crippen LogP contribution in [0.1, 0.15) is 6.92 Å². The maximum Gasteiger partial charge on any atom is 0.367 e. The number of aliphatic hydroxyl groups is 5. The fraction of sp³-hybridized carbons (Fsp3) is 0.769. The van der Waals surface area contributed by atoms with Gasteiger partial charge in [0.1, 0.15) is 43.4 Å². The number of amides is 1. The van der Waals surface area contributed by atoms with Gasteiger partial charge in [-0.15, -0.1) is 0 Å². The Labute approximate surface area is 141 Å². The van der Waals surface area contributed by atoms with E-state index in [0.717, 1.165) is 6.92 Å². The van der Waals surface area contributed by atoms with E-state index < -0.39 is 67.4 Å². The maximum atomic E-state index is 11.6. The summed E-state index contributed by atoms with van der Waals surface area (Å²) in [7, 11) is 0. The number of rotatable bonds is 8. The summed E-state index contributed by atoms with van der Waals surface area (Å²) in [5.74, 6) is -5.58. The number of carboxylic acid groups (broad SMARTS) is 1. The topological polar surface area (TPSA) is 203 Å². The third-order valence-electron chi connectivity index (χ3n) is 3.70. The molecule has 1 amide bonds. The first-order chi connectivity index (χ1) is 11.6. The van der Waals surface area contributed by atoms with Crippen molar-refractivity contribution in [1.29, 1.82) is 0 Å². The number of nitrogens with one attached hydrogen (secondary N) is 1. The molecule has 1 aliphatic heterocycles. The summed E-state index contributed by atoms with van der Waals surface area (Å²) in [6, 6.07) is -1.55. The molecule has 0 saturated carbocycles. The Balaban J connectivity index is 3.32. The molecule has 7 N–H and O–H groups in total. The Hall–Kier alpha value is -1.67. The molecule has 1 fully saturated rings. The SMILES string of the molecule is CC(=O)N[C@@H]1[C@@H](O)[C@H](O)[C@](OCC=O)(C(=O)O)O[C@H]1[C@H](O)[C@H](O)CO. The lowest BCUT2D eigenvalue weighted by molar-refractivity contribution is -0.344. The first kappa shape index (κ1) is 21.4. The van der Waals surface area contributed by atoms with Crippen molar-refractivity contribution >= 4 is 18.2 Å². The molecule has 1 heterocycles. The van der Waals surface area contributed by atoms with Crippen LogP contribution in [0.5, 0.6) is 0 Å². The van der Waals surface area contributed by atoms with E-state index in [4.69, 9.17) is 14.6 Å². The smallest absolute Gasteiger partial charge is 0.367 e. The molecule has 0 spiro atoms. The summed E-state index contributed by atoms with van der Waals surface area (Å²) in [6.45, 7) is -0.721. The summed E-state index contributed by atoms with van der Waals surface area (Å²) in [4.78, 5) is 33.3. The molecule has 1 saturated heterocycles. The predicted octanol–water partition coefficient (Wildman–Crippen LogP) is -4.68. The van der Waals surface area contributed by atoms with E-state index in [0.29, 0.717) is 0 Å². The van der Waals surface area contributed by atoms with Gasteiger partial charge in [0.15, 0.2) is 0 Å². The van der Waals surface area contributed by atoms with Crippen LogP contribution in [0.25, 0.3) is 0 Å². The zero-order valence-corrected chi connectivity index (χ0v) is 13.2. The molecule has 144 valence electrons. The highest BCUT2D eigenvalue weighted by atomic mass is 16.7. The Morgan fingerprint density at radius 1 is 1.36 bits per heavy atom. The van der Waals surface area contributed by atoms with Crippen LogP contribution in [-0.2, 0) is 23.9 Å². The number of aldehydes is 1. The zero-order valence-electron chi connectivity index (χ0n) is 13.2. The van der Waals surface area contributed by atoms with E-state index in [1.165, 1.54) is 0 Å². The lowest BCUT2D eigenvalue weighted by Gasteiger charge is -2.48. The molecule has 0 bridgehead atoms. The standard InChI is InChI=1S/C13H21NO11/c1-5(17)14-7-9(20)11(21)13(12(22)23,24-3-2-15)25-10(7)8(19)6(18)4-16/h2,6-11,16,18-21H,3-4H2,1H3,(H,14,17)(H,22,23)/t6-,7-,8-,9-,10-,11+,13-/m1/s1. The highest BCUT2D eigenvalue weighted by Crippen LogP contribution is 2.33. The molecule has 0 aromatic carbocycles. The van der Waals surface area contributed by atoms with Gasteiger partial charge in [-0.2, -0.15) is 0 Å². The molecular weight excluding hydrogens is 346 g/mol. The van der Waals surface area contributed by atoms with Crippen molar-refractivity contribution in [2.75, 3.05) is 13.2 Å². The third kappa shape index (κ3) is 4.30. The molecule has 1 rings (SSSR count). The molecule has 12 nitrogen and oxygen atoms in total. The summed E-state index contributed by atoms with van der Waals surface area (Å²) in [5, 5.41) is 60.4. The molecule has 12 heteroatoms. The van der Waals surface area contributed by atoms with Crippen molar-refractivity contribution in [2.45, 2.75) is 49.3 Å². The second-order valence-corrected chi connectivity index (χ2v) is 5.44. The maximum absolute atomic E-state index is 11.6. The summed E-state index contributed by atoms with van der Waals surface area (Å²) in [5.41, 5.74) is 0. The van der Waals surface area contributed by atoms with Gasteiger partial charge in [-0.25, -0.2) is 4.79 Å². The van der Waals surface area contributed by atoms with E-state index in [2.05, 4.69) is 5.32 Å². The number of carbonyl (C=O) groups is 3. The van der Waals surface area contributed by atoms with Crippen molar-refractivity contribution in [3.63, 3.8) is 0 Å². The van der Waals surface area contributed by atoms with Crippen molar-refractivity contribution < 1.29 is 54.5 Å². The summed E-state index contributed by atoms with van der Waals surface area (Å²) < 4.78 is 9.84. The Kier molecular flexibility index (Phi) is 7.37.